The predicted molar refractivity (Wildman–Crippen MR) is 82.4 cm³/mol. The van der Waals surface area contributed by atoms with Crippen molar-refractivity contribution in [2.45, 2.75) is 31.1 Å². The minimum absolute atomic E-state index is 0.0376. The van der Waals surface area contributed by atoms with Crippen LogP contribution in [0.1, 0.15) is 25.3 Å². The number of nitrogens with two attached hydrogens (primary N) is 1. The summed E-state index contributed by atoms with van der Waals surface area (Å²) in [6.07, 6.45) is 2.25. The summed E-state index contributed by atoms with van der Waals surface area (Å²) in [5.41, 5.74) is 0.832. The van der Waals surface area contributed by atoms with E-state index in [2.05, 4.69) is 10.6 Å². The number of carbonyl (C=O) groups excluding carboxylic acids is 2. The summed E-state index contributed by atoms with van der Waals surface area (Å²) in [7, 11) is -3.70. The Bertz CT molecular complexity index is 611. The Morgan fingerprint density at radius 1 is 1.05 bits per heavy atom. The molecule has 0 aliphatic carbocycles. The Labute approximate surface area is 130 Å². The molecule has 2 amide bonds. The minimum atomic E-state index is -3.70. The van der Waals surface area contributed by atoms with E-state index in [1.807, 2.05) is 6.92 Å². The van der Waals surface area contributed by atoms with Crippen molar-refractivity contribution in [1.29, 1.82) is 0 Å². The number of primary sulfonamides is 1. The molecular formula is C14H21N3O4S. The number of hydrogen-bond acceptors (Lipinski definition) is 4. The van der Waals surface area contributed by atoms with Gasteiger partial charge in [-0.25, -0.2) is 13.6 Å². The van der Waals surface area contributed by atoms with Crippen molar-refractivity contribution in [3.05, 3.63) is 29.8 Å². The molecule has 0 saturated heterocycles. The highest BCUT2D eigenvalue weighted by Gasteiger charge is 2.11. The zero-order valence-electron chi connectivity index (χ0n) is 12.5. The first-order chi connectivity index (χ1) is 10.3. The number of rotatable bonds is 7. The minimum Gasteiger partial charge on any atom is -0.348 e. The molecule has 7 nitrogen and oxygen atoms in total. The van der Waals surface area contributed by atoms with E-state index < -0.39 is 21.8 Å². The number of unbranched alkanes of at least 4 members (excludes halogenated alkanes) is 1. The summed E-state index contributed by atoms with van der Waals surface area (Å²) in [6.45, 7) is 2.76. The summed E-state index contributed by atoms with van der Waals surface area (Å²) in [5, 5.41) is 10.0. The van der Waals surface area contributed by atoms with Gasteiger partial charge in [-0.3, -0.25) is 9.59 Å². The predicted octanol–water partition coefficient (Wildman–Crippen LogP) is -0.0910. The van der Waals surface area contributed by atoms with Gasteiger partial charge in [-0.15, -0.1) is 0 Å². The quantitative estimate of drug-likeness (QED) is 0.479. The summed E-state index contributed by atoms with van der Waals surface area (Å²) in [4.78, 5) is 22.9. The molecule has 0 atom stereocenters. The molecule has 0 bridgehead atoms. The van der Waals surface area contributed by atoms with E-state index in [9.17, 15) is 18.0 Å². The molecule has 0 fully saturated rings. The fraction of sp³-hybridized carbons (Fsp3) is 0.429. The van der Waals surface area contributed by atoms with E-state index in [1.165, 1.54) is 12.1 Å². The Balaban J connectivity index is 2.38. The first-order valence-electron chi connectivity index (χ1n) is 7.02. The maximum absolute atomic E-state index is 11.5. The lowest BCUT2D eigenvalue weighted by Crippen LogP contribution is -2.40. The van der Waals surface area contributed by atoms with Crippen LogP contribution in [0.25, 0.3) is 0 Å². The van der Waals surface area contributed by atoms with Gasteiger partial charge in [0.1, 0.15) is 0 Å². The highest BCUT2D eigenvalue weighted by Crippen LogP contribution is 2.08. The largest absolute Gasteiger partial charge is 0.348 e. The van der Waals surface area contributed by atoms with Gasteiger partial charge in [0.25, 0.3) is 0 Å². The fourth-order valence-corrected chi connectivity index (χ4v) is 2.22. The van der Waals surface area contributed by atoms with Crippen LogP contribution in [0.5, 0.6) is 0 Å². The van der Waals surface area contributed by atoms with Crippen molar-refractivity contribution in [2.24, 2.45) is 5.14 Å². The third-order valence-corrected chi connectivity index (χ3v) is 3.90. The summed E-state index contributed by atoms with van der Waals surface area (Å²) in [5.74, 6) is -1.31. The topological polar surface area (TPSA) is 118 Å². The second-order valence-corrected chi connectivity index (χ2v) is 6.37. The van der Waals surface area contributed by atoms with Crippen LogP contribution in [0.15, 0.2) is 29.2 Å². The second-order valence-electron chi connectivity index (χ2n) is 4.80. The van der Waals surface area contributed by atoms with Crippen molar-refractivity contribution in [1.82, 2.24) is 10.6 Å². The Morgan fingerprint density at radius 3 is 2.09 bits per heavy atom. The van der Waals surface area contributed by atoms with E-state index in [4.69, 9.17) is 5.14 Å². The molecule has 1 aromatic rings. The molecule has 1 aromatic carbocycles. The van der Waals surface area contributed by atoms with Gasteiger partial charge in [0, 0.05) is 13.1 Å². The molecule has 0 heterocycles. The van der Waals surface area contributed by atoms with Gasteiger partial charge in [0.05, 0.1) is 4.90 Å². The van der Waals surface area contributed by atoms with Crippen molar-refractivity contribution < 1.29 is 18.0 Å². The molecule has 0 spiro atoms. The molecule has 22 heavy (non-hydrogen) atoms. The lowest BCUT2D eigenvalue weighted by molar-refractivity contribution is -0.139. The maximum Gasteiger partial charge on any atom is 0.309 e. The van der Waals surface area contributed by atoms with Gasteiger partial charge in [-0.2, -0.15) is 0 Å². The van der Waals surface area contributed by atoms with Crippen LogP contribution in [0, 0.1) is 0 Å². The van der Waals surface area contributed by atoms with Gasteiger partial charge in [-0.1, -0.05) is 25.5 Å². The van der Waals surface area contributed by atoms with E-state index in [0.717, 1.165) is 18.4 Å². The van der Waals surface area contributed by atoms with Crippen LogP contribution in [-0.2, 0) is 26.0 Å². The molecule has 1 rings (SSSR count). The molecule has 0 saturated carbocycles. The second kappa shape index (κ2) is 8.50. The number of sulfonamides is 1. The van der Waals surface area contributed by atoms with Crippen molar-refractivity contribution in [2.75, 3.05) is 13.1 Å². The summed E-state index contributed by atoms with van der Waals surface area (Å²) >= 11 is 0. The molecule has 4 N–H and O–H groups in total. The Kier molecular flexibility index (Phi) is 7.00. The SMILES string of the molecule is CCCCNC(=O)C(=O)NCCc1ccc(S(N)(=O)=O)cc1. The lowest BCUT2D eigenvalue weighted by Gasteiger charge is -2.06. The van der Waals surface area contributed by atoms with Crippen LogP contribution >= 0.6 is 0 Å². The van der Waals surface area contributed by atoms with E-state index in [-0.39, 0.29) is 11.4 Å². The van der Waals surface area contributed by atoms with Gasteiger partial charge in [0.15, 0.2) is 0 Å². The third kappa shape index (κ3) is 6.23. The number of nitrogens with one attached hydrogen (secondary N) is 2. The van der Waals surface area contributed by atoms with Crippen LogP contribution in [0.3, 0.4) is 0 Å². The van der Waals surface area contributed by atoms with Crippen LogP contribution in [-0.4, -0.2) is 33.3 Å². The molecule has 8 heteroatoms. The number of carbonyl (C=O) groups is 2. The normalized spacial score (nSPS) is 11.0. The lowest BCUT2D eigenvalue weighted by atomic mass is 10.1. The Morgan fingerprint density at radius 2 is 1.59 bits per heavy atom. The van der Waals surface area contributed by atoms with Gasteiger partial charge in [0.2, 0.25) is 10.0 Å². The van der Waals surface area contributed by atoms with Crippen molar-refractivity contribution >= 4 is 21.8 Å². The van der Waals surface area contributed by atoms with Gasteiger partial charge in [-0.05, 0) is 30.5 Å². The maximum atomic E-state index is 11.5. The van der Waals surface area contributed by atoms with Crippen molar-refractivity contribution in [3.63, 3.8) is 0 Å². The molecule has 0 aliphatic rings. The highest BCUT2D eigenvalue weighted by molar-refractivity contribution is 7.89. The zero-order chi connectivity index (χ0) is 16.6. The molecular weight excluding hydrogens is 306 g/mol. The Hall–Kier alpha value is -1.93. The molecule has 122 valence electrons. The average Bonchev–Trinajstić information content (AvgIpc) is 2.47. The highest BCUT2D eigenvalue weighted by atomic mass is 32.2. The number of benzene rings is 1. The van der Waals surface area contributed by atoms with E-state index >= 15 is 0 Å². The van der Waals surface area contributed by atoms with Crippen LogP contribution in [0.4, 0.5) is 0 Å². The van der Waals surface area contributed by atoms with E-state index in [1.54, 1.807) is 12.1 Å². The van der Waals surface area contributed by atoms with Gasteiger partial charge >= 0.3 is 11.8 Å². The van der Waals surface area contributed by atoms with Crippen molar-refractivity contribution in [3.8, 4) is 0 Å². The molecule has 0 unspecified atom stereocenters. The smallest absolute Gasteiger partial charge is 0.309 e. The average molecular weight is 327 g/mol. The summed E-state index contributed by atoms with van der Waals surface area (Å²) < 4.78 is 22.2. The van der Waals surface area contributed by atoms with Gasteiger partial charge < -0.3 is 10.6 Å². The first-order valence-corrected chi connectivity index (χ1v) is 8.57. The molecule has 0 radical (unpaired) electrons. The first kappa shape index (κ1) is 18.1. The number of amides is 2. The molecule has 0 aromatic heterocycles. The van der Waals surface area contributed by atoms with E-state index in [0.29, 0.717) is 13.0 Å². The number of hydrogen-bond donors (Lipinski definition) is 3. The van der Waals surface area contributed by atoms with Crippen LogP contribution in [0.2, 0.25) is 0 Å². The monoisotopic (exact) mass is 327 g/mol. The molecule has 0 aliphatic heterocycles. The zero-order valence-corrected chi connectivity index (χ0v) is 13.3. The van der Waals surface area contributed by atoms with Crippen LogP contribution < -0.4 is 15.8 Å². The standard InChI is InChI=1S/C14H21N3O4S/c1-2-3-9-16-13(18)14(19)17-10-8-11-4-6-12(7-5-11)22(15,20)21/h4-7H,2-3,8-10H2,1H3,(H,16,18)(H,17,19)(H2,15,20,21). The summed E-state index contributed by atoms with van der Waals surface area (Å²) in [6, 6.07) is 6.05. The third-order valence-electron chi connectivity index (χ3n) is 2.97. The fourth-order valence-electron chi connectivity index (χ4n) is 1.71.